The maximum absolute atomic E-state index is 6.02. The SMILES string of the molecule is Cc1nc(C)c(C(C)NC2CCCC(N)C2)s1. The highest BCUT2D eigenvalue weighted by Crippen LogP contribution is 2.26. The van der Waals surface area contributed by atoms with Crippen LogP contribution in [0.15, 0.2) is 0 Å². The second kappa shape index (κ2) is 5.46. The summed E-state index contributed by atoms with van der Waals surface area (Å²) in [5, 5.41) is 4.87. The third kappa shape index (κ3) is 3.27. The van der Waals surface area contributed by atoms with Gasteiger partial charge in [0.1, 0.15) is 0 Å². The van der Waals surface area contributed by atoms with Gasteiger partial charge in [0.15, 0.2) is 0 Å². The summed E-state index contributed by atoms with van der Waals surface area (Å²) in [7, 11) is 0. The highest BCUT2D eigenvalue weighted by Gasteiger charge is 2.22. The summed E-state index contributed by atoms with van der Waals surface area (Å²) in [5.74, 6) is 0. The van der Waals surface area contributed by atoms with E-state index in [2.05, 4.69) is 31.1 Å². The number of nitrogens with zero attached hydrogens (tertiary/aromatic N) is 1. The molecule has 1 aliphatic carbocycles. The second-order valence-corrected chi connectivity index (χ2v) is 6.43. The average Bonchev–Trinajstić information content (AvgIpc) is 2.58. The smallest absolute Gasteiger partial charge is 0.0900 e. The Kier molecular flexibility index (Phi) is 4.17. The molecule has 0 aliphatic heterocycles. The molecule has 4 heteroatoms. The van der Waals surface area contributed by atoms with Crippen LogP contribution in [0.3, 0.4) is 0 Å². The molecule has 0 radical (unpaired) electrons. The molecule has 0 bridgehead atoms. The molecular weight excluding hydrogens is 230 g/mol. The van der Waals surface area contributed by atoms with Gasteiger partial charge in [-0.1, -0.05) is 6.42 Å². The van der Waals surface area contributed by atoms with Gasteiger partial charge in [-0.25, -0.2) is 4.98 Å². The molecule has 0 saturated heterocycles. The number of nitrogens with one attached hydrogen (secondary N) is 1. The lowest BCUT2D eigenvalue weighted by molar-refractivity contribution is 0.320. The van der Waals surface area contributed by atoms with Gasteiger partial charge in [0.05, 0.1) is 10.7 Å². The molecule has 3 nitrogen and oxygen atoms in total. The van der Waals surface area contributed by atoms with E-state index in [0.29, 0.717) is 18.1 Å². The van der Waals surface area contributed by atoms with E-state index in [-0.39, 0.29) is 0 Å². The molecule has 2 rings (SSSR count). The van der Waals surface area contributed by atoms with Crippen molar-refractivity contribution in [2.75, 3.05) is 0 Å². The second-order valence-electron chi connectivity index (χ2n) is 5.19. The van der Waals surface area contributed by atoms with Crippen LogP contribution in [0.1, 0.15) is 54.2 Å². The van der Waals surface area contributed by atoms with Gasteiger partial charge >= 0.3 is 0 Å². The van der Waals surface area contributed by atoms with Crippen molar-refractivity contribution in [2.24, 2.45) is 5.73 Å². The van der Waals surface area contributed by atoms with Crippen molar-refractivity contribution in [1.29, 1.82) is 0 Å². The number of nitrogens with two attached hydrogens (primary N) is 1. The Morgan fingerprint density at radius 1 is 1.41 bits per heavy atom. The number of hydrogen-bond donors (Lipinski definition) is 2. The van der Waals surface area contributed by atoms with Gasteiger partial charge in [0, 0.05) is 23.0 Å². The van der Waals surface area contributed by atoms with Crippen molar-refractivity contribution in [2.45, 2.75) is 64.6 Å². The minimum atomic E-state index is 0.387. The fourth-order valence-electron chi connectivity index (χ4n) is 2.76. The Morgan fingerprint density at radius 3 is 2.76 bits per heavy atom. The number of aryl methyl sites for hydroxylation is 2. The van der Waals surface area contributed by atoms with Crippen LogP contribution in [-0.4, -0.2) is 17.1 Å². The molecule has 0 spiro atoms. The van der Waals surface area contributed by atoms with E-state index in [4.69, 9.17) is 5.73 Å². The first-order chi connectivity index (χ1) is 8.06. The Bertz CT molecular complexity index is 375. The monoisotopic (exact) mass is 253 g/mol. The van der Waals surface area contributed by atoms with Crippen LogP contribution in [0.25, 0.3) is 0 Å². The van der Waals surface area contributed by atoms with Gasteiger partial charge in [-0.2, -0.15) is 0 Å². The maximum Gasteiger partial charge on any atom is 0.0900 e. The van der Waals surface area contributed by atoms with E-state index in [0.717, 1.165) is 11.4 Å². The van der Waals surface area contributed by atoms with Crippen molar-refractivity contribution in [3.05, 3.63) is 15.6 Å². The first kappa shape index (κ1) is 13.0. The summed E-state index contributed by atoms with van der Waals surface area (Å²) >= 11 is 1.81. The molecule has 0 amide bonds. The van der Waals surface area contributed by atoms with E-state index >= 15 is 0 Å². The number of aromatic nitrogens is 1. The zero-order chi connectivity index (χ0) is 12.4. The summed E-state index contributed by atoms with van der Waals surface area (Å²) in [5.41, 5.74) is 7.20. The molecule has 1 fully saturated rings. The van der Waals surface area contributed by atoms with Crippen LogP contribution >= 0.6 is 11.3 Å². The predicted octanol–water partition coefficient (Wildman–Crippen LogP) is 2.68. The van der Waals surface area contributed by atoms with Crippen LogP contribution < -0.4 is 11.1 Å². The van der Waals surface area contributed by atoms with Gasteiger partial charge in [0.2, 0.25) is 0 Å². The van der Waals surface area contributed by atoms with E-state index in [1.807, 2.05) is 0 Å². The van der Waals surface area contributed by atoms with Gasteiger partial charge < -0.3 is 11.1 Å². The van der Waals surface area contributed by atoms with E-state index in [9.17, 15) is 0 Å². The summed E-state index contributed by atoms with van der Waals surface area (Å²) in [4.78, 5) is 5.87. The van der Waals surface area contributed by atoms with Gasteiger partial charge in [-0.3, -0.25) is 0 Å². The predicted molar refractivity (Wildman–Crippen MR) is 73.4 cm³/mol. The topological polar surface area (TPSA) is 50.9 Å². The third-order valence-corrected chi connectivity index (χ3v) is 4.79. The quantitative estimate of drug-likeness (QED) is 0.871. The van der Waals surface area contributed by atoms with Crippen LogP contribution in [0, 0.1) is 13.8 Å². The van der Waals surface area contributed by atoms with Gasteiger partial charge in [0.25, 0.3) is 0 Å². The largest absolute Gasteiger partial charge is 0.328 e. The van der Waals surface area contributed by atoms with Crippen molar-refractivity contribution < 1.29 is 0 Å². The molecular formula is C13H23N3S. The lowest BCUT2D eigenvalue weighted by Gasteiger charge is -2.29. The first-order valence-electron chi connectivity index (χ1n) is 6.52. The van der Waals surface area contributed by atoms with Gasteiger partial charge in [-0.05, 0) is 40.0 Å². The highest BCUT2D eigenvalue weighted by atomic mass is 32.1. The number of thiazole rings is 1. The molecule has 3 unspecified atom stereocenters. The molecule has 3 N–H and O–H groups in total. The Balaban J connectivity index is 1.96. The third-order valence-electron chi connectivity index (χ3n) is 3.53. The average molecular weight is 253 g/mol. The van der Waals surface area contributed by atoms with Crippen molar-refractivity contribution >= 4 is 11.3 Å². The molecule has 1 aromatic heterocycles. The lowest BCUT2D eigenvalue weighted by atomic mass is 9.91. The van der Waals surface area contributed by atoms with Crippen LogP contribution in [0.2, 0.25) is 0 Å². The van der Waals surface area contributed by atoms with Gasteiger partial charge in [-0.15, -0.1) is 11.3 Å². The fraction of sp³-hybridized carbons (Fsp3) is 0.769. The standard InChI is InChI=1S/C13H23N3S/c1-8-13(17-10(3)15-8)9(2)16-12-6-4-5-11(14)7-12/h9,11-12,16H,4-7,14H2,1-3H3. The molecule has 3 atom stereocenters. The first-order valence-corrected chi connectivity index (χ1v) is 7.33. The highest BCUT2D eigenvalue weighted by molar-refractivity contribution is 7.11. The van der Waals surface area contributed by atoms with Crippen LogP contribution in [-0.2, 0) is 0 Å². The summed E-state index contributed by atoms with van der Waals surface area (Å²) in [6.45, 7) is 6.41. The van der Waals surface area contributed by atoms with Crippen molar-refractivity contribution in [3.63, 3.8) is 0 Å². The summed E-state index contributed by atoms with van der Waals surface area (Å²) in [6, 6.07) is 1.37. The molecule has 1 aliphatic rings. The molecule has 1 heterocycles. The zero-order valence-electron chi connectivity index (χ0n) is 11.0. The Labute approximate surface area is 108 Å². The van der Waals surface area contributed by atoms with Crippen molar-refractivity contribution in [3.8, 4) is 0 Å². The number of rotatable bonds is 3. The summed E-state index contributed by atoms with van der Waals surface area (Å²) in [6.07, 6.45) is 4.81. The van der Waals surface area contributed by atoms with Crippen LogP contribution in [0.4, 0.5) is 0 Å². The van der Waals surface area contributed by atoms with E-state index < -0.39 is 0 Å². The van der Waals surface area contributed by atoms with Crippen LogP contribution in [0.5, 0.6) is 0 Å². The number of hydrogen-bond acceptors (Lipinski definition) is 4. The fourth-order valence-corrected chi connectivity index (χ4v) is 3.70. The van der Waals surface area contributed by atoms with E-state index in [1.165, 1.54) is 29.8 Å². The Hall–Kier alpha value is -0.450. The Morgan fingerprint density at radius 2 is 2.18 bits per heavy atom. The summed E-state index contributed by atoms with van der Waals surface area (Å²) < 4.78 is 0. The normalized spacial score (nSPS) is 27.1. The molecule has 1 saturated carbocycles. The minimum absolute atomic E-state index is 0.387. The molecule has 96 valence electrons. The minimum Gasteiger partial charge on any atom is -0.328 e. The van der Waals surface area contributed by atoms with Crippen molar-refractivity contribution in [1.82, 2.24) is 10.3 Å². The molecule has 1 aromatic rings. The maximum atomic E-state index is 6.02. The zero-order valence-corrected chi connectivity index (χ0v) is 11.8. The molecule has 17 heavy (non-hydrogen) atoms. The lowest BCUT2D eigenvalue weighted by Crippen LogP contribution is -2.40. The molecule has 0 aromatic carbocycles. The van der Waals surface area contributed by atoms with E-state index in [1.54, 1.807) is 11.3 Å².